The summed E-state index contributed by atoms with van der Waals surface area (Å²) in [4.78, 5) is 10.7. The molecule has 22 heavy (non-hydrogen) atoms. The van der Waals surface area contributed by atoms with Gasteiger partial charge in [0.15, 0.2) is 11.0 Å². The second kappa shape index (κ2) is 5.69. The molecule has 6 nitrogen and oxygen atoms in total. The van der Waals surface area contributed by atoms with E-state index < -0.39 is 0 Å². The Kier molecular flexibility index (Phi) is 3.55. The van der Waals surface area contributed by atoms with Crippen LogP contribution < -0.4 is 4.90 Å². The van der Waals surface area contributed by atoms with Gasteiger partial charge in [-0.25, -0.2) is 9.97 Å². The molecule has 0 N–H and O–H groups in total. The van der Waals surface area contributed by atoms with E-state index in [4.69, 9.17) is 0 Å². The van der Waals surface area contributed by atoms with E-state index in [0.717, 1.165) is 32.8 Å². The first-order valence-corrected chi connectivity index (χ1v) is 8.43. The van der Waals surface area contributed by atoms with E-state index >= 15 is 0 Å². The van der Waals surface area contributed by atoms with Gasteiger partial charge in [0.1, 0.15) is 6.67 Å². The van der Waals surface area contributed by atoms with Crippen LogP contribution in [0, 0.1) is 0 Å². The summed E-state index contributed by atoms with van der Waals surface area (Å²) in [6.07, 6.45) is 3.51. The van der Waals surface area contributed by atoms with Gasteiger partial charge in [-0.15, -0.1) is 10.2 Å². The molecule has 0 radical (unpaired) electrons. The average molecular weight is 375 g/mol. The summed E-state index contributed by atoms with van der Waals surface area (Å²) in [6.45, 7) is 0.640. The number of halogens is 1. The van der Waals surface area contributed by atoms with Crippen LogP contribution in [-0.4, -0.2) is 30.6 Å². The highest BCUT2D eigenvalue weighted by atomic mass is 79.9. The number of nitrogens with zero attached hydrogens (tertiary/aromatic N) is 6. The molecule has 0 atom stereocenters. The monoisotopic (exact) mass is 374 g/mol. The molecular formula is C14H11BrN6S. The zero-order chi connectivity index (χ0) is 14.9. The SMILES string of the molecule is Brc1cccc(-c2nnc3n2CN(c2ncccn2)CS3)c1. The molecule has 8 heteroatoms. The standard InChI is InChI=1S/C14H11BrN6S/c15-11-4-1-3-10(7-11)12-18-19-14-21(12)8-20(9-22-14)13-16-5-2-6-17-13/h1-7H,8-9H2. The lowest BCUT2D eigenvalue weighted by Crippen LogP contribution is -2.31. The second-order valence-corrected chi connectivity index (χ2v) is 6.58. The topological polar surface area (TPSA) is 59.7 Å². The van der Waals surface area contributed by atoms with Gasteiger partial charge in [-0.3, -0.25) is 4.57 Å². The van der Waals surface area contributed by atoms with Crippen molar-refractivity contribution in [2.75, 3.05) is 10.8 Å². The lowest BCUT2D eigenvalue weighted by Gasteiger charge is -2.27. The predicted octanol–water partition coefficient (Wildman–Crippen LogP) is 3.02. The summed E-state index contributed by atoms with van der Waals surface area (Å²) >= 11 is 5.13. The van der Waals surface area contributed by atoms with E-state index in [9.17, 15) is 0 Å². The molecule has 0 aliphatic carbocycles. The minimum atomic E-state index is 0.640. The van der Waals surface area contributed by atoms with Crippen molar-refractivity contribution in [1.82, 2.24) is 24.7 Å². The molecule has 0 saturated heterocycles. The zero-order valence-electron chi connectivity index (χ0n) is 11.4. The Morgan fingerprint density at radius 1 is 1.09 bits per heavy atom. The fourth-order valence-corrected chi connectivity index (χ4v) is 3.55. The van der Waals surface area contributed by atoms with E-state index in [2.05, 4.69) is 45.6 Å². The molecule has 4 rings (SSSR count). The van der Waals surface area contributed by atoms with Gasteiger partial charge in [0.2, 0.25) is 5.95 Å². The van der Waals surface area contributed by atoms with Crippen LogP contribution in [0.1, 0.15) is 0 Å². The number of fused-ring (bicyclic) bond motifs is 1. The lowest BCUT2D eigenvalue weighted by atomic mass is 10.2. The maximum Gasteiger partial charge on any atom is 0.227 e. The molecule has 3 heterocycles. The minimum absolute atomic E-state index is 0.640. The molecule has 3 aromatic rings. The van der Waals surface area contributed by atoms with E-state index in [-0.39, 0.29) is 0 Å². The lowest BCUT2D eigenvalue weighted by molar-refractivity contribution is 0.597. The van der Waals surface area contributed by atoms with Gasteiger partial charge in [0.25, 0.3) is 0 Å². The Labute approximate surface area is 139 Å². The molecule has 110 valence electrons. The number of hydrogen-bond acceptors (Lipinski definition) is 6. The zero-order valence-corrected chi connectivity index (χ0v) is 13.8. The molecule has 0 bridgehead atoms. The van der Waals surface area contributed by atoms with Gasteiger partial charge in [-0.2, -0.15) is 0 Å². The molecule has 0 spiro atoms. The molecule has 0 fully saturated rings. The van der Waals surface area contributed by atoms with E-state index in [1.54, 1.807) is 24.2 Å². The van der Waals surface area contributed by atoms with Crippen LogP contribution in [0.3, 0.4) is 0 Å². The summed E-state index contributed by atoms with van der Waals surface area (Å²) in [5.41, 5.74) is 1.03. The van der Waals surface area contributed by atoms with Crippen molar-refractivity contribution < 1.29 is 0 Å². The van der Waals surface area contributed by atoms with Gasteiger partial charge < -0.3 is 4.90 Å². The normalized spacial score (nSPS) is 14.0. The Hall–Kier alpha value is -1.93. The van der Waals surface area contributed by atoms with Crippen molar-refractivity contribution in [3.05, 3.63) is 47.2 Å². The van der Waals surface area contributed by atoms with Crippen LogP contribution in [0.2, 0.25) is 0 Å². The fourth-order valence-electron chi connectivity index (χ4n) is 2.29. The summed E-state index contributed by atoms with van der Waals surface area (Å²) < 4.78 is 3.11. The molecule has 1 aliphatic rings. The summed E-state index contributed by atoms with van der Waals surface area (Å²) in [5, 5.41) is 9.54. The van der Waals surface area contributed by atoms with Crippen molar-refractivity contribution >= 4 is 33.6 Å². The molecule has 1 aromatic carbocycles. The molecule has 1 aliphatic heterocycles. The first-order valence-electron chi connectivity index (χ1n) is 6.65. The van der Waals surface area contributed by atoms with Crippen molar-refractivity contribution in [1.29, 1.82) is 0 Å². The second-order valence-electron chi connectivity index (χ2n) is 4.75. The van der Waals surface area contributed by atoms with E-state index in [0.29, 0.717) is 6.67 Å². The van der Waals surface area contributed by atoms with Crippen LogP contribution in [0.15, 0.2) is 52.4 Å². The summed E-state index contributed by atoms with van der Waals surface area (Å²) in [7, 11) is 0. The van der Waals surface area contributed by atoms with Gasteiger partial charge in [0.05, 0.1) is 5.88 Å². The molecule has 2 aromatic heterocycles. The Balaban J connectivity index is 1.71. The third-order valence-electron chi connectivity index (χ3n) is 3.30. The largest absolute Gasteiger partial charge is 0.313 e. The van der Waals surface area contributed by atoms with Crippen LogP contribution >= 0.6 is 27.7 Å². The fraction of sp³-hybridized carbons (Fsp3) is 0.143. The summed E-state index contributed by atoms with van der Waals surface area (Å²) in [6, 6.07) is 9.88. The van der Waals surface area contributed by atoms with Crippen molar-refractivity contribution in [2.45, 2.75) is 11.8 Å². The minimum Gasteiger partial charge on any atom is -0.313 e. The van der Waals surface area contributed by atoms with Gasteiger partial charge in [0, 0.05) is 22.4 Å². The molecule has 0 unspecified atom stereocenters. The van der Waals surface area contributed by atoms with E-state index in [1.165, 1.54) is 0 Å². The first kappa shape index (κ1) is 13.7. The number of aromatic nitrogens is 5. The highest BCUT2D eigenvalue weighted by Crippen LogP contribution is 2.30. The Morgan fingerprint density at radius 2 is 1.95 bits per heavy atom. The molecule has 0 amide bonds. The maximum atomic E-state index is 4.34. The quantitative estimate of drug-likeness (QED) is 0.686. The van der Waals surface area contributed by atoms with Crippen LogP contribution in [0.4, 0.5) is 5.95 Å². The number of thioether (sulfide) groups is 1. The molecular weight excluding hydrogens is 364 g/mol. The predicted molar refractivity (Wildman–Crippen MR) is 88.4 cm³/mol. The first-order chi connectivity index (χ1) is 10.8. The van der Waals surface area contributed by atoms with Crippen LogP contribution in [0.5, 0.6) is 0 Å². The van der Waals surface area contributed by atoms with Crippen LogP contribution in [0.25, 0.3) is 11.4 Å². The number of rotatable bonds is 2. The van der Waals surface area contributed by atoms with Crippen molar-refractivity contribution in [2.24, 2.45) is 0 Å². The maximum absolute atomic E-state index is 4.34. The third-order valence-corrected chi connectivity index (χ3v) is 4.79. The van der Waals surface area contributed by atoms with Gasteiger partial charge in [-0.1, -0.05) is 39.8 Å². The number of hydrogen-bond donors (Lipinski definition) is 0. The van der Waals surface area contributed by atoms with Crippen molar-refractivity contribution in [3.8, 4) is 11.4 Å². The van der Waals surface area contributed by atoms with Gasteiger partial charge in [-0.05, 0) is 18.2 Å². The highest BCUT2D eigenvalue weighted by molar-refractivity contribution is 9.10. The smallest absolute Gasteiger partial charge is 0.227 e. The summed E-state index contributed by atoms with van der Waals surface area (Å²) in [5.74, 6) is 2.33. The van der Waals surface area contributed by atoms with Gasteiger partial charge >= 0.3 is 0 Å². The third kappa shape index (κ3) is 2.48. The van der Waals surface area contributed by atoms with E-state index in [1.807, 2.05) is 30.3 Å². The highest BCUT2D eigenvalue weighted by Gasteiger charge is 2.23. The molecule has 0 saturated carbocycles. The number of benzene rings is 1. The Morgan fingerprint density at radius 3 is 2.77 bits per heavy atom. The Bertz CT molecular complexity index is 806. The van der Waals surface area contributed by atoms with Crippen LogP contribution in [-0.2, 0) is 6.67 Å². The average Bonchev–Trinajstić information content (AvgIpc) is 2.99. The van der Waals surface area contributed by atoms with Crippen molar-refractivity contribution in [3.63, 3.8) is 0 Å². The number of anilines is 1.